The van der Waals surface area contributed by atoms with Crippen molar-refractivity contribution in [2.24, 2.45) is 0 Å². The van der Waals surface area contributed by atoms with Crippen LogP contribution in [0.2, 0.25) is 0 Å². The van der Waals surface area contributed by atoms with Gasteiger partial charge in [0.2, 0.25) is 6.79 Å². The van der Waals surface area contributed by atoms with Crippen molar-refractivity contribution < 1.29 is 14.3 Å². The maximum atomic E-state index is 12.7. The molecule has 1 heterocycles. The molecule has 0 radical (unpaired) electrons. The molecule has 1 aliphatic heterocycles. The van der Waals surface area contributed by atoms with E-state index in [1.54, 1.807) is 18.2 Å². The van der Waals surface area contributed by atoms with Gasteiger partial charge in [-0.3, -0.25) is 4.79 Å². The lowest BCUT2D eigenvalue weighted by molar-refractivity contribution is -0.117. The molecule has 0 bridgehead atoms. The Morgan fingerprint density at radius 1 is 1.13 bits per heavy atom. The molecule has 1 aliphatic carbocycles. The predicted molar refractivity (Wildman–Crippen MR) is 114 cm³/mol. The van der Waals surface area contributed by atoms with Gasteiger partial charge in [-0.1, -0.05) is 25.1 Å². The SMILES string of the molecule is CCC(NC(=O)/C(C#N)=C\Nc1ccc2c(c1)OCO2)c1ccc2c(c1)CCCC2. The van der Waals surface area contributed by atoms with Crippen LogP contribution in [0.15, 0.2) is 48.2 Å². The summed E-state index contributed by atoms with van der Waals surface area (Å²) in [7, 11) is 0. The van der Waals surface area contributed by atoms with Crippen molar-refractivity contribution in [1.29, 1.82) is 5.26 Å². The Bertz CT molecular complexity index is 1020. The van der Waals surface area contributed by atoms with Crippen molar-refractivity contribution in [2.45, 2.75) is 45.1 Å². The number of fused-ring (bicyclic) bond motifs is 2. The van der Waals surface area contributed by atoms with Gasteiger partial charge < -0.3 is 20.1 Å². The van der Waals surface area contributed by atoms with Crippen LogP contribution in [0.5, 0.6) is 11.5 Å². The lowest BCUT2D eigenvalue weighted by Gasteiger charge is -2.21. The molecule has 1 unspecified atom stereocenters. The molecule has 30 heavy (non-hydrogen) atoms. The molecular weight excluding hydrogens is 378 g/mol. The van der Waals surface area contributed by atoms with Gasteiger partial charge in [0.25, 0.3) is 5.91 Å². The number of rotatable bonds is 6. The molecule has 154 valence electrons. The van der Waals surface area contributed by atoms with Crippen LogP contribution in [0.3, 0.4) is 0 Å². The van der Waals surface area contributed by atoms with Crippen molar-refractivity contribution in [3.05, 3.63) is 64.9 Å². The molecule has 6 nitrogen and oxygen atoms in total. The standard InChI is InChI=1S/C24H25N3O3/c1-2-21(18-8-7-16-5-3-4-6-17(16)11-18)27-24(28)19(13-25)14-26-20-9-10-22-23(12-20)30-15-29-22/h7-12,14,21,26H,2-6,15H2,1H3,(H,27,28)/b19-14-. The Hall–Kier alpha value is -3.46. The fraction of sp³-hybridized carbons (Fsp3) is 0.333. The quantitative estimate of drug-likeness (QED) is 0.552. The highest BCUT2D eigenvalue weighted by Crippen LogP contribution is 2.34. The second-order valence-corrected chi connectivity index (χ2v) is 7.55. The second-order valence-electron chi connectivity index (χ2n) is 7.55. The highest BCUT2D eigenvalue weighted by atomic mass is 16.7. The summed E-state index contributed by atoms with van der Waals surface area (Å²) in [6.07, 6.45) is 6.85. The molecular formula is C24H25N3O3. The van der Waals surface area contributed by atoms with Crippen LogP contribution >= 0.6 is 0 Å². The van der Waals surface area contributed by atoms with Crippen LogP contribution < -0.4 is 20.1 Å². The van der Waals surface area contributed by atoms with Gasteiger partial charge in [0.05, 0.1) is 6.04 Å². The smallest absolute Gasteiger partial charge is 0.263 e. The van der Waals surface area contributed by atoms with Crippen molar-refractivity contribution >= 4 is 11.6 Å². The number of anilines is 1. The Balaban J connectivity index is 1.45. The number of benzene rings is 2. The molecule has 0 aromatic heterocycles. The van der Waals surface area contributed by atoms with Gasteiger partial charge in [-0.15, -0.1) is 0 Å². The number of aryl methyl sites for hydroxylation is 2. The topological polar surface area (TPSA) is 83.4 Å². The van der Waals surface area contributed by atoms with Gasteiger partial charge in [-0.05, 0) is 60.9 Å². The highest BCUT2D eigenvalue weighted by molar-refractivity contribution is 5.97. The summed E-state index contributed by atoms with van der Waals surface area (Å²) in [4.78, 5) is 12.7. The van der Waals surface area contributed by atoms with Crippen LogP contribution in [0.25, 0.3) is 0 Å². The molecule has 0 saturated carbocycles. The number of ether oxygens (including phenoxy) is 2. The normalized spacial score (nSPS) is 15.7. The summed E-state index contributed by atoms with van der Waals surface area (Å²) < 4.78 is 10.6. The third-order valence-electron chi connectivity index (χ3n) is 5.61. The van der Waals surface area contributed by atoms with E-state index in [0.29, 0.717) is 17.2 Å². The maximum Gasteiger partial charge on any atom is 0.263 e. The largest absolute Gasteiger partial charge is 0.454 e. The average molecular weight is 403 g/mol. The zero-order valence-corrected chi connectivity index (χ0v) is 17.0. The molecule has 4 rings (SSSR count). The van der Waals surface area contributed by atoms with Gasteiger partial charge in [0.1, 0.15) is 11.6 Å². The number of hydrogen-bond donors (Lipinski definition) is 2. The van der Waals surface area contributed by atoms with Crippen LogP contribution in [-0.4, -0.2) is 12.7 Å². The van der Waals surface area contributed by atoms with Crippen LogP contribution in [0.1, 0.15) is 48.9 Å². The van der Waals surface area contributed by atoms with E-state index in [4.69, 9.17) is 9.47 Å². The third kappa shape index (κ3) is 4.25. The van der Waals surface area contributed by atoms with Crippen molar-refractivity contribution in [1.82, 2.24) is 5.32 Å². The lowest BCUT2D eigenvalue weighted by Crippen LogP contribution is -2.29. The molecule has 2 N–H and O–H groups in total. The summed E-state index contributed by atoms with van der Waals surface area (Å²) in [5.74, 6) is 0.920. The van der Waals surface area contributed by atoms with Crippen LogP contribution in [-0.2, 0) is 17.6 Å². The first-order valence-corrected chi connectivity index (χ1v) is 10.4. The van der Waals surface area contributed by atoms with Gasteiger partial charge in [0.15, 0.2) is 11.5 Å². The average Bonchev–Trinajstić information content (AvgIpc) is 3.25. The number of hydrogen-bond acceptors (Lipinski definition) is 5. The predicted octanol–water partition coefficient (Wildman–Crippen LogP) is 4.38. The van der Waals surface area contributed by atoms with Crippen LogP contribution in [0.4, 0.5) is 5.69 Å². The second kappa shape index (κ2) is 8.91. The Morgan fingerprint density at radius 2 is 1.93 bits per heavy atom. The third-order valence-corrected chi connectivity index (χ3v) is 5.61. The zero-order valence-electron chi connectivity index (χ0n) is 17.0. The summed E-state index contributed by atoms with van der Waals surface area (Å²) in [6.45, 7) is 2.23. The summed E-state index contributed by atoms with van der Waals surface area (Å²) in [5, 5.41) is 15.5. The molecule has 6 heteroatoms. The minimum absolute atomic E-state index is 0.0177. The molecule has 0 spiro atoms. The van der Waals surface area contributed by atoms with Gasteiger partial charge >= 0.3 is 0 Å². The van der Waals surface area contributed by atoms with Crippen molar-refractivity contribution in [3.8, 4) is 17.6 Å². The van der Waals surface area contributed by atoms with E-state index in [1.165, 1.54) is 30.2 Å². The Kier molecular flexibility index (Phi) is 5.89. The lowest BCUT2D eigenvalue weighted by atomic mass is 9.88. The van der Waals surface area contributed by atoms with E-state index < -0.39 is 5.91 Å². The molecule has 2 aromatic carbocycles. The fourth-order valence-corrected chi connectivity index (χ4v) is 3.92. The molecule has 1 amide bonds. The highest BCUT2D eigenvalue weighted by Gasteiger charge is 2.19. The van der Waals surface area contributed by atoms with E-state index in [9.17, 15) is 10.1 Å². The van der Waals surface area contributed by atoms with Crippen LogP contribution in [0, 0.1) is 11.3 Å². The number of nitriles is 1. The number of amides is 1. The number of carbonyl (C=O) groups is 1. The Labute approximate surface area is 176 Å². The van der Waals surface area contributed by atoms with Gasteiger partial charge in [0, 0.05) is 18.0 Å². The number of carbonyl (C=O) groups excluding carboxylic acids is 1. The molecule has 1 atom stereocenters. The first-order valence-electron chi connectivity index (χ1n) is 10.4. The van der Waals surface area contributed by atoms with Crippen molar-refractivity contribution in [3.63, 3.8) is 0 Å². The summed E-state index contributed by atoms with van der Waals surface area (Å²) >= 11 is 0. The minimum atomic E-state index is -0.393. The van der Waals surface area contributed by atoms with E-state index in [1.807, 2.05) is 13.0 Å². The number of nitrogens with zero attached hydrogens (tertiary/aromatic N) is 1. The maximum absolute atomic E-state index is 12.7. The Morgan fingerprint density at radius 3 is 2.73 bits per heavy atom. The fourth-order valence-electron chi connectivity index (χ4n) is 3.92. The van der Waals surface area contributed by atoms with E-state index in [0.717, 1.165) is 24.8 Å². The zero-order chi connectivity index (χ0) is 20.9. The van der Waals surface area contributed by atoms with Crippen molar-refractivity contribution in [2.75, 3.05) is 12.1 Å². The number of nitrogens with one attached hydrogen (secondary N) is 2. The van der Waals surface area contributed by atoms with E-state index in [-0.39, 0.29) is 18.4 Å². The molecule has 2 aromatic rings. The molecule has 0 saturated heterocycles. The van der Waals surface area contributed by atoms with E-state index in [2.05, 4.69) is 28.8 Å². The van der Waals surface area contributed by atoms with E-state index >= 15 is 0 Å². The molecule has 0 fully saturated rings. The first-order chi connectivity index (χ1) is 14.7. The minimum Gasteiger partial charge on any atom is -0.454 e. The van der Waals surface area contributed by atoms with Gasteiger partial charge in [-0.25, -0.2) is 0 Å². The first kappa shape index (κ1) is 19.8. The summed E-state index contributed by atoms with van der Waals surface area (Å²) in [5.41, 5.74) is 4.61. The summed E-state index contributed by atoms with van der Waals surface area (Å²) in [6, 6.07) is 13.7. The van der Waals surface area contributed by atoms with Gasteiger partial charge in [-0.2, -0.15) is 5.26 Å². The molecule has 2 aliphatic rings. The monoisotopic (exact) mass is 403 g/mol.